The Kier molecular flexibility index (Phi) is 3.68. The van der Waals surface area contributed by atoms with Crippen LogP contribution in [0.2, 0.25) is 0 Å². The van der Waals surface area contributed by atoms with Crippen molar-refractivity contribution in [2.45, 2.75) is 18.2 Å². The molecule has 0 saturated carbocycles. The zero-order chi connectivity index (χ0) is 11.4. The lowest BCUT2D eigenvalue weighted by Gasteiger charge is -2.21. The summed E-state index contributed by atoms with van der Waals surface area (Å²) in [6, 6.07) is 3.63. The fourth-order valence-corrected chi connectivity index (χ4v) is 2.50. The molecule has 1 aromatic rings. The van der Waals surface area contributed by atoms with Gasteiger partial charge in [-0.05, 0) is 30.5 Å². The Hall–Kier alpha value is -0.780. The van der Waals surface area contributed by atoms with Crippen molar-refractivity contribution < 1.29 is 4.74 Å². The van der Waals surface area contributed by atoms with Gasteiger partial charge in [0.15, 0.2) is 0 Å². The molecule has 16 heavy (non-hydrogen) atoms. The summed E-state index contributed by atoms with van der Waals surface area (Å²) in [5.41, 5.74) is 0.155. The first-order chi connectivity index (χ1) is 7.70. The zero-order valence-electron chi connectivity index (χ0n) is 9.29. The van der Waals surface area contributed by atoms with E-state index in [0.717, 1.165) is 26.2 Å². The van der Waals surface area contributed by atoms with Crippen molar-refractivity contribution in [3.05, 3.63) is 28.7 Å². The molecule has 1 unspecified atom stereocenters. The molecule has 5 heteroatoms. The molecule has 1 saturated heterocycles. The molecule has 0 aromatic carbocycles. The van der Waals surface area contributed by atoms with Crippen molar-refractivity contribution in [1.82, 2.24) is 9.71 Å². The Morgan fingerprint density at radius 2 is 2.56 bits per heavy atom. The van der Waals surface area contributed by atoms with E-state index < -0.39 is 0 Å². The van der Waals surface area contributed by atoms with Crippen molar-refractivity contribution in [2.24, 2.45) is 5.41 Å². The van der Waals surface area contributed by atoms with Gasteiger partial charge in [0.2, 0.25) is 0 Å². The first-order valence-electron chi connectivity index (χ1n) is 5.35. The van der Waals surface area contributed by atoms with Gasteiger partial charge in [-0.25, -0.2) is 0 Å². The molecule has 2 N–H and O–H groups in total. The molecule has 0 amide bonds. The van der Waals surface area contributed by atoms with E-state index in [1.165, 1.54) is 11.9 Å². The van der Waals surface area contributed by atoms with Crippen LogP contribution in [-0.2, 0) is 4.74 Å². The van der Waals surface area contributed by atoms with Crippen molar-refractivity contribution >= 4 is 11.9 Å². The Morgan fingerprint density at radius 3 is 3.25 bits per heavy atom. The summed E-state index contributed by atoms with van der Waals surface area (Å²) in [7, 11) is 0. The summed E-state index contributed by atoms with van der Waals surface area (Å²) >= 11 is 1.38. The lowest BCUT2D eigenvalue weighted by Crippen LogP contribution is -2.29. The third-order valence-electron chi connectivity index (χ3n) is 2.76. The van der Waals surface area contributed by atoms with Crippen LogP contribution in [0.5, 0.6) is 0 Å². The predicted octanol–water partition coefficient (Wildman–Crippen LogP) is 1.40. The Balaban J connectivity index is 1.84. The Labute approximate surface area is 98.9 Å². The number of H-pyrrole nitrogens is 1. The van der Waals surface area contributed by atoms with Gasteiger partial charge >= 0.3 is 0 Å². The van der Waals surface area contributed by atoms with Crippen LogP contribution in [0.4, 0.5) is 0 Å². The molecule has 1 fully saturated rings. The summed E-state index contributed by atoms with van der Waals surface area (Å²) in [5.74, 6) is 0. The van der Waals surface area contributed by atoms with E-state index >= 15 is 0 Å². The van der Waals surface area contributed by atoms with Crippen LogP contribution < -0.4 is 10.3 Å². The van der Waals surface area contributed by atoms with Gasteiger partial charge in [0.05, 0.1) is 11.5 Å². The van der Waals surface area contributed by atoms with Crippen molar-refractivity contribution in [1.29, 1.82) is 0 Å². The summed E-state index contributed by atoms with van der Waals surface area (Å²) < 4.78 is 8.61. The monoisotopic (exact) mass is 240 g/mol. The minimum Gasteiger partial charge on any atom is -0.381 e. The average molecular weight is 240 g/mol. The van der Waals surface area contributed by atoms with Crippen LogP contribution >= 0.6 is 11.9 Å². The molecule has 1 aromatic heterocycles. The van der Waals surface area contributed by atoms with Crippen LogP contribution in [0.3, 0.4) is 0 Å². The third-order valence-corrected chi connectivity index (χ3v) is 3.59. The number of hydrogen-bond donors (Lipinski definition) is 2. The molecule has 1 atom stereocenters. The fourth-order valence-electron chi connectivity index (χ4n) is 1.62. The quantitative estimate of drug-likeness (QED) is 0.781. The van der Waals surface area contributed by atoms with E-state index in [2.05, 4.69) is 16.6 Å². The molecule has 4 nitrogen and oxygen atoms in total. The number of ether oxygens (including phenoxy) is 1. The van der Waals surface area contributed by atoms with Crippen LogP contribution in [0, 0.1) is 5.41 Å². The Bertz CT molecular complexity index is 399. The highest BCUT2D eigenvalue weighted by molar-refractivity contribution is 7.97. The van der Waals surface area contributed by atoms with Gasteiger partial charge < -0.3 is 9.72 Å². The summed E-state index contributed by atoms with van der Waals surface area (Å²) in [4.78, 5) is 14.7. The second-order valence-corrected chi connectivity index (χ2v) is 5.33. The first-order valence-corrected chi connectivity index (χ1v) is 6.16. The van der Waals surface area contributed by atoms with Gasteiger partial charge in [-0.1, -0.05) is 6.92 Å². The smallest absolute Gasteiger partial charge is 0.262 e. The van der Waals surface area contributed by atoms with Gasteiger partial charge in [-0.2, -0.15) is 0 Å². The molecule has 2 rings (SSSR count). The van der Waals surface area contributed by atoms with Crippen molar-refractivity contribution in [3.8, 4) is 0 Å². The van der Waals surface area contributed by atoms with Crippen LogP contribution in [0.25, 0.3) is 0 Å². The van der Waals surface area contributed by atoms with E-state index in [0.29, 0.717) is 4.90 Å². The maximum Gasteiger partial charge on any atom is 0.262 e. The number of hydrogen-bond acceptors (Lipinski definition) is 4. The molecule has 88 valence electrons. The molecular formula is C11H16N2O2S. The number of rotatable bonds is 4. The normalized spacial score (nSPS) is 24.8. The third kappa shape index (κ3) is 2.87. The largest absolute Gasteiger partial charge is 0.381 e. The highest BCUT2D eigenvalue weighted by Gasteiger charge is 2.29. The van der Waals surface area contributed by atoms with Gasteiger partial charge in [-0.3, -0.25) is 9.52 Å². The molecule has 0 radical (unpaired) electrons. The second kappa shape index (κ2) is 5.03. The van der Waals surface area contributed by atoms with E-state index in [4.69, 9.17) is 4.74 Å². The van der Waals surface area contributed by atoms with Crippen LogP contribution in [0.15, 0.2) is 28.0 Å². The minimum absolute atomic E-state index is 0.0483. The van der Waals surface area contributed by atoms with E-state index in [-0.39, 0.29) is 11.0 Å². The minimum atomic E-state index is -0.0483. The molecular weight excluding hydrogens is 224 g/mol. The van der Waals surface area contributed by atoms with Crippen molar-refractivity contribution in [3.63, 3.8) is 0 Å². The molecule has 2 heterocycles. The summed E-state index contributed by atoms with van der Waals surface area (Å²) in [5, 5.41) is 0. The lowest BCUT2D eigenvalue weighted by atomic mass is 9.91. The highest BCUT2D eigenvalue weighted by atomic mass is 32.2. The number of pyridine rings is 1. The average Bonchev–Trinajstić information content (AvgIpc) is 2.68. The standard InChI is InChI=1S/C11H16N2O2S/c1-11(4-6-15-8-11)7-13-16-9-3-2-5-12-10(9)14/h2-3,5,13H,4,6-8H2,1H3,(H,12,14). The van der Waals surface area contributed by atoms with Gasteiger partial charge in [0.1, 0.15) is 0 Å². The van der Waals surface area contributed by atoms with Gasteiger partial charge in [-0.15, -0.1) is 0 Å². The Morgan fingerprint density at radius 1 is 1.69 bits per heavy atom. The van der Waals surface area contributed by atoms with Gasteiger partial charge in [0.25, 0.3) is 5.56 Å². The lowest BCUT2D eigenvalue weighted by molar-refractivity contribution is 0.161. The molecule has 0 aliphatic carbocycles. The number of nitrogens with one attached hydrogen (secondary N) is 2. The molecule has 0 bridgehead atoms. The zero-order valence-corrected chi connectivity index (χ0v) is 10.1. The summed E-state index contributed by atoms with van der Waals surface area (Å²) in [6.07, 6.45) is 2.71. The number of aromatic amines is 1. The molecule has 1 aliphatic rings. The topological polar surface area (TPSA) is 54.1 Å². The maximum absolute atomic E-state index is 11.4. The van der Waals surface area contributed by atoms with Gasteiger partial charge in [0, 0.05) is 24.8 Å². The van der Waals surface area contributed by atoms with E-state index in [1.807, 2.05) is 12.1 Å². The van der Waals surface area contributed by atoms with E-state index in [1.54, 1.807) is 6.20 Å². The van der Waals surface area contributed by atoms with Crippen molar-refractivity contribution in [2.75, 3.05) is 19.8 Å². The van der Waals surface area contributed by atoms with E-state index in [9.17, 15) is 4.79 Å². The van der Waals surface area contributed by atoms with Crippen LogP contribution in [-0.4, -0.2) is 24.7 Å². The molecule has 1 aliphatic heterocycles. The number of aromatic nitrogens is 1. The predicted molar refractivity (Wildman–Crippen MR) is 64.5 cm³/mol. The first kappa shape index (κ1) is 11.7. The second-order valence-electron chi connectivity index (χ2n) is 4.40. The maximum atomic E-state index is 11.4. The molecule has 0 spiro atoms. The highest BCUT2D eigenvalue weighted by Crippen LogP contribution is 2.27. The fraction of sp³-hybridized carbons (Fsp3) is 0.545. The summed E-state index contributed by atoms with van der Waals surface area (Å²) in [6.45, 7) is 4.69. The van der Waals surface area contributed by atoms with Crippen LogP contribution in [0.1, 0.15) is 13.3 Å². The SMILES string of the molecule is CC1(CNSc2ccc[nH]c2=O)CCOC1.